The van der Waals surface area contributed by atoms with Crippen LogP contribution in [0, 0.1) is 0 Å². The third-order valence-corrected chi connectivity index (χ3v) is 4.91. The van der Waals surface area contributed by atoms with Gasteiger partial charge in [-0.2, -0.15) is 0 Å². The fraction of sp³-hybridized carbons (Fsp3) is 0.538. The second-order valence-electron chi connectivity index (χ2n) is 4.61. The third kappa shape index (κ3) is 4.32. The highest BCUT2D eigenvalue weighted by Gasteiger charge is 2.32. The molecule has 1 atom stereocenters. The maximum absolute atomic E-state index is 12.2. The van der Waals surface area contributed by atoms with Crippen LogP contribution in [0.3, 0.4) is 0 Å². The van der Waals surface area contributed by atoms with E-state index in [1.165, 1.54) is 6.92 Å². The van der Waals surface area contributed by atoms with E-state index < -0.39 is 37.8 Å². The number of amides is 1. The summed E-state index contributed by atoms with van der Waals surface area (Å²) in [4.78, 5) is 22.5. The molecule has 0 aromatic carbocycles. The molecule has 0 radical (unpaired) electrons. The van der Waals surface area contributed by atoms with Gasteiger partial charge in [-0.1, -0.05) is 19.8 Å². The highest BCUT2D eigenvalue weighted by atomic mass is 32.2. The standard InChI is InChI=1S/C13H19NO6S/c1-3-4-5-8-14-12(15)9(2)21(18,19)11-7-6-10(20-11)13(16)17/h6-7,9H,3-5,8H2,1-2H3,(H,14,15)(H,16,17). The zero-order chi connectivity index (χ0) is 16.0. The maximum Gasteiger partial charge on any atom is 0.371 e. The summed E-state index contributed by atoms with van der Waals surface area (Å²) in [6, 6.07) is 2.08. The Balaban J connectivity index is 2.76. The van der Waals surface area contributed by atoms with Crippen molar-refractivity contribution >= 4 is 21.7 Å². The third-order valence-electron chi connectivity index (χ3n) is 2.99. The molecular formula is C13H19NO6S. The van der Waals surface area contributed by atoms with Gasteiger partial charge >= 0.3 is 5.97 Å². The number of hydrogen-bond acceptors (Lipinski definition) is 5. The fourth-order valence-electron chi connectivity index (χ4n) is 1.63. The van der Waals surface area contributed by atoms with E-state index >= 15 is 0 Å². The van der Waals surface area contributed by atoms with Crippen molar-refractivity contribution in [1.82, 2.24) is 5.32 Å². The monoisotopic (exact) mass is 317 g/mol. The molecule has 0 bridgehead atoms. The minimum absolute atomic E-state index is 0.408. The van der Waals surface area contributed by atoms with Crippen LogP contribution in [0.1, 0.15) is 43.7 Å². The van der Waals surface area contributed by atoms with E-state index in [1.54, 1.807) is 0 Å². The lowest BCUT2D eigenvalue weighted by molar-refractivity contribution is -0.120. The molecule has 1 heterocycles. The van der Waals surface area contributed by atoms with Crippen molar-refractivity contribution in [2.24, 2.45) is 0 Å². The van der Waals surface area contributed by atoms with Gasteiger partial charge in [0.2, 0.25) is 26.6 Å². The van der Waals surface area contributed by atoms with Crippen molar-refractivity contribution in [3.05, 3.63) is 17.9 Å². The number of carboxylic acid groups (broad SMARTS) is 1. The van der Waals surface area contributed by atoms with Gasteiger partial charge in [0, 0.05) is 6.54 Å². The number of furan rings is 1. The van der Waals surface area contributed by atoms with E-state index in [2.05, 4.69) is 5.32 Å². The lowest BCUT2D eigenvalue weighted by Gasteiger charge is -2.11. The Morgan fingerprint density at radius 1 is 1.33 bits per heavy atom. The van der Waals surface area contributed by atoms with Crippen molar-refractivity contribution < 1.29 is 27.5 Å². The average Bonchev–Trinajstić information content (AvgIpc) is 2.93. The molecule has 0 spiro atoms. The minimum Gasteiger partial charge on any atom is -0.475 e. The number of carbonyl (C=O) groups is 2. The summed E-state index contributed by atoms with van der Waals surface area (Å²) < 4.78 is 29.1. The van der Waals surface area contributed by atoms with Crippen LogP contribution in [0.4, 0.5) is 0 Å². The van der Waals surface area contributed by atoms with E-state index in [0.717, 1.165) is 31.4 Å². The first kappa shape index (κ1) is 17.2. The molecule has 1 rings (SSSR count). The van der Waals surface area contributed by atoms with Gasteiger partial charge in [-0.3, -0.25) is 4.79 Å². The Kier molecular flexibility index (Phi) is 5.95. The van der Waals surface area contributed by atoms with E-state index in [0.29, 0.717) is 6.54 Å². The first-order chi connectivity index (χ1) is 9.80. The van der Waals surface area contributed by atoms with Gasteiger partial charge in [0.15, 0.2) is 0 Å². The van der Waals surface area contributed by atoms with Gasteiger partial charge in [-0.25, -0.2) is 13.2 Å². The number of rotatable bonds is 8. The molecule has 0 aliphatic rings. The SMILES string of the molecule is CCCCCNC(=O)C(C)S(=O)(=O)c1ccc(C(=O)O)o1. The zero-order valence-electron chi connectivity index (χ0n) is 12.0. The fourth-order valence-corrected chi connectivity index (χ4v) is 2.81. The van der Waals surface area contributed by atoms with Crippen molar-refractivity contribution in [2.45, 2.75) is 43.5 Å². The van der Waals surface area contributed by atoms with E-state index in [1.807, 2.05) is 6.92 Å². The average molecular weight is 317 g/mol. The van der Waals surface area contributed by atoms with Gasteiger partial charge in [0.25, 0.3) is 0 Å². The van der Waals surface area contributed by atoms with Crippen LogP contribution in [-0.2, 0) is 14.6 Å². The molecule has 1 aromatic rings. The number of sulfone groups is 1. The normalized spacial score (nSPS) is 12.9. The van der Waals surface area contributed by atoms with Crippen LogP contribution in [0.25, 0.3) is 0 Å². The second kappa shape index (κ2) is 7.26. The molecular weight excluding hydrogens is 298 g/mol. The van der Waals surface area contributed by atoms with Crippen molar-refractivity contribution in [1.29, 1.82) is 0 Å². The molecule has 2 N–H and O–H groups in total. The van der Waals surface area contributed by atoms with Gasteiger partial charge in [0.1, 0.15) is 5.25 Å². The quantitative estimate of drug-likeness (QED) is 0.701. The number of aromatic carboxylic acids is 1. The molecule has 0 aliphatic carbocycles. The van der Waals surface area contributed by atoms with Crippen LogP contribution in [-0.4, -0.2) is 37.2 Å². The molecule has 1 unspecified atom stereocenters. The van der Waals surface area contributed by atoms with Crippen molar-refractivity contribution in [2.75, 3.05) is 6.54 Å². The van der Waals surface area contributed by atoms with Crippen molar-refractivity contribution in [3.63, 3.8) is 0 Å². The van der Waals surface area contributed by atoms with Crippen LogP contribution in [0.5, 0.6) is 0 Å². The molecule has 1 aromatic heterocycles. The molecule has 0 saturated heterocycles. The lowest BCUT2D eigenvalue weighted by atomic mass is 10.2. The molecule has 0 fully saturated rings. The van der Waals surface area contributed by atoms with Crippen LogP contribution in [0.2, 0.25) is 0 Å². The highest BCUT2D eigenvalue weighted by molar-refractivity contribution is 7.92. The number of carboxylic acids is 1. The summed E-state index contributed by atoms with van der Waals surface area (Å²) in [5.74, 6) is -2.48. The number of unbranched alkanes of at least 4 members (excludes halogenated alkanes) is 2. The Labute approximate surface area is 123 Å². The summed E-state index contributed by atoms with van der Waals surface area (Å²) in [5, 5.41) is 9.40. The Morgan fingerprint density at radius 3 is 2.52 bits per heavy atom. The number of hydrogen-bond donors (Lipinski definition) is 2. The van der Waals surface area contributed by atoms with Crippen LogP contribution < -0.4 is 5.32 Å². The summed E-state index contributed by atoms with van der Waals surface area (Å²) in [6.07, 6.45) is 2.72. The van der Waals surface area contributed by atoms with Crippen molar-refractivity contribution in [3.8, 4) is 0 Å². The van der Waals surface area contributed by atoms with Gasteiger partial charge < -0.3 is 14.8 Å². The molecule has 1 amide bonds. The number of nitrogens with one attached hydrogen (secondary N) is 1. The van der Waals surface area contributed by atoms with Crippen LogP contribution >= 0.6 is 0 Å². The van der Waals surface area contributed by atoms with E-state index in [9.17, 15) is 18.0 Å². The first-order valence-corrected chi connectivity index (χ1v) is 8.20. The lowest BCUT2D eigenvalue weighted by Crippen LogP contribution is -2.38. The predicted molar refractivity (Wildman–Crippen MR) is 74.8 cm³/mol. The molecule has 0 aliphatic heterocycles. The number of carbonyl (C=O) groups excluding carboxylic acids is 1. The Hall–Kier alpha value is -1.83. The predicted octanol–water partition coefficient (Wildman–Crippen LogP) is 1.45. The minimum atomic E-state index is -4.04. The Morgan fingerprint density at radius 2 is 2.00 bits per heavy atom. The van der Waals surface area contributed by atoms with Gasteiger partial charge in [-0.05, 0) is 25.5 Å². The topological polar surface area (TPSA) is 114 Å². The Bertz CT molecular complexity index is 604. The first-order valence-electron chi connectivity index (χ1n) is 6.65. The summed E-state index contributed by atoms with van der Waals surface area (Å²) in [6.45, 7) is 3.67. The van der Waals surface area contributed by atoms with E-state index in [4.69, 9.17) is 9.52 Å². The molecule has 21 heavy (non-hydrogen) atoms. The highest BCUT2D eigenvalue weighted by Crippen LogP contribution is 2.19. The summed E-state index contributed by atoms with van der Waals surface area (Å²) in [7, 11) is -4.04. The smallest absolute Gasteiger partial charge is 0.371 e. The molecule has 118 valence electrons. The second-order valence-corrected chi connectivity index (χ2v) is 6.81. The zero-order valence-corrected chi connectivity index (χ0v) is 12.8. The largest absolute Gasteiger partial charge is 0.475 e. The molecule has 0 saturated carbocycles. The van der Waals surface area contributed by atoms with E-state index in [-0.39, 0.29) is 0 Å². The summed E-state index contributed by atoms with van der Waals surface area (Å²) >= 11 is 0. The van der Waals surface area contributed by atoms with Gasteiger partial charge in [0.05, 0.1) is 0 Å². The van der Waals surface area contributed by atoms with Crippen LogP contribution in [0.15, 0.2) is 21.6 Å². The summed E-state index contributed by atoms with van der Waals surface area (Å²) in [5.41, 5.74) is 0. The molecule has 8 heteroatoms. The van der Waals surface area contributed by atoms with Gasteiger partial charge in [-0.15, -0.1) is 0 Å². The molecule has 7 nitrogen and oxygen atoms in total. The maximum atomic E-state index is 12.2.